The summed E-state index contributed by atoms with van der Waals surface area (Å²) in [6, 6.07) is 5.64. The lowest BCUT2D eigenvalue weighted by Crippen LogP contribution is -2.21. The van der Waals surface area contributed by atoms with E-state index in [-0.39, 0.29) is 0 Å². The normalized spacial score (nSPS) is 23.8. The molecule has 0 bridgehead atoms. The molecule has 1 aromatic heterocycles. The van der Waals surface area contributed by atoms with Crippen molar-refractivity contribution >= 4 is 28.5 Å². The third-order valence-corrected chi connectivity index (χ3v) is 5.31. The van der Waals surface area contributed by atoms with Crippen LogP contribution in [-0.2, 0) is 0 Å². The van der Waals surface area contributed by atoms with E-state index < -0.39 is 0 Å². The molecule has 2 aromatic rings. The summed E-state index contributed by atoms with van der Waals surface area (Å²) in [5.74, 6) is 0.804. The Bertz CT molecular complexity index is 566. The molecule has 1 aliphatic carbocycles. The Morgan fingerprint density at radius 3 is 3.05 bits per heavy atom. The van der Waals surface area contributed by atoms with Gasteiger partial charge in [-0.1, -0.05) is 37.9 Å². The summed E-state index contributed by atoms with van der Waals surface area (Å²) < 4.78 is 5.81. The van der Waals surface area contributed by atoms with Gasteiger partial charge in [0.15, 0.2) is 5.58 Å². The molecule has 102 valence electrons. The summed E-state index contributed by atoms with van der Waals surface area (Å²) in [5, 5.41) is 1.45. The van der Waals surface area contributed by atoms with Crippen molar-refractivity contribution < 1.29 is 4.42 Å². The number of rotatable bonds is 3. The number of oxazole rings is 1. The lowest BCUT2D eigenvalue weighted by atomic mass is 9.87. The van der Waals surface area contributed by atoms with Gasteiger partial charge >= 0.3 is 0 Å². The maximum absolute atomic E-state index is 5.81. The van der Waals surface area contributed by atoms with E-state index in [4.69, 9.17) is 10.2 Å². The number of nitrogens with two attached hydrogens (primary N) is 1. The number of anilines is 1. The summed E-state index contributed by atoms with van der Waals surface area (Å²) in [4.78, 5) is 4.55. The Morgan fingerprint density at radius 2 is 2.21 bits per heavy atom. The van der Waals surface area contributed by atoms with E-state index in [0.717, 1.165) is 27.9 Å². The number of hydrogen-bond donors (Lipinski definition) is 1. The topological polar surface area (TPSA) is 52.0 Å². The van der Waals surface area contributed by atoms with Crippen LogP contribution in [0.1, 0.15) is 39.0 Å². The average Bonchev–Trinajstić information content (AvgIpc) is 2.80. The van der Waals surface area contributed by atoms with Crippen LogP contribution in [0.4, 0.5) is 5.69 Å². The molecule has 2 atom stereocenters. The fraction of sp³-hybridized carbons (Fsp3) is 0.533. The molecule has 3 rings (SSSR count). The monoisotopic (exact) mass is 276 g/mol. The van der Waals surface area contributed by atoms with Gasteiger partial charge in [0.25, 0.3) is 5.22 Å². The van der Waals surface area contributed by atoms with Crippen LogP contribution in [0.2, 0.25) is 0 Å². The lowest BCUT2D eigenvalue weighted by Gasteiger charge is -2.29. The SMILES string of the molecule is CCC1CCCCC1Sc1nc2cc(N)ccc2o1. The van der Waals surface area contributed by atoms with Crippen molar-refractivity contribution in [3.8, 4) is 0 Å². The van der Waals surface area contributed by atoms with E-state index in [9.17, 15) is 0 Å². The fourth-order valence-corrected chi connectivity index (χ4v) is 4.25. The van der Waals surface area contributed by atoms with Gasteiger partial charge < -0.3 is 10.2 Å². The van der Waals surface area contributed by atoms with E-state index in [1.54, 1.807) is 0 Å². The molecule has 1 aliphatic rings. The van der Waals surface area contributed by atoms with Gasteiger partial charge in [-0.15, -0.1) is 0 Å². The Kier molecular flexibility index (Phi) is 3.69. The van der Waals surface area contributed by atoms with Gasteiger partial charge in [0.05, 0.1) is 0 Å². The Labute approximate surface area is 118 Å². The van der Waals surface area contributed by atoms with Gasteiger partial charge in [0, 0.05) is 10.9 Å². The number of fused-ring (bicyclic) bond motifs is 1. The Hall–Kier alpha value is -1.16. The Morgan fingerprint density at radius 1 is 1.37 bits per heavy atom. The zero-order valence-corrected chi connectivity index (χ0v) is 12.1. The second-order valence-electron chi connectivity index (χ2n) is 5.32. The zero-order chi connectivity index (χ0) is 13.2. The lowest BCUT2D eigenvalue weighted by molar-refractivity contribution is 0.358. The summed E-state index contributed by atoms with van der Waals surface area (Å²) in [6.07, 6.45) is 6.59. The van der Waals surface area contributed by atoms with E-state index in [0.29, 0.717) is 5.25 Å². The van der Waals surface area contributed by atoms with Crippen LogP contribution in [0.25, 0.3) is 11.1 Å². The van der Waals surface area contributed by atoms with Crippen LogP contribution >= 0.6 is 11.8 Å². The molecule has 1 heterocycles. The van der Waals surface area contributed by atoms with E-state index in [2.05, 4.69) is 11.9 Å². The minimum Gasteiger partial charge on any atom is -0.431 e. The number of nitrogens with zero attached hydrogens (tertiary/aromatic N) is 1. The molecular formula is C15H20N2OS. The first-order valence-electron chi connectivity index (χ1n) is 7.09. The number of benzene rings is 1. The molecule has 0 amide bonds. The maximum Gasteiger partial charge on any atom is 0.257 e. The summed E-state index contributed by atoms with van der Waals surface area (Å²) >= 11 is 1.81. The second kappa shape index (κ2) is 5.45. The molecule has 19 heavy (non-hydrogen) atoms. The van der Waals surface area contributed by atoms with Crippen molar-refractivity contribution in [1.29, 1.82) is 0 Å². The predicted molar refractivity (Wildman–Crippen MR) is 80.3 cm³/mol. The molecule has 1 saturated carbocycles. The average molecular weight is 276 g/mol. The van der Waals surface area contributed by atoms with Crippen LogP contribution in [0.3, 0.4) is 0 Å². The van der Waals surface area contributed by atoms with Gasteiger partial charge in [0.1, 0.15) is 5.52 Å². The van der Waals surface area contributed by atoms with Gasteiger partial charge in [0.2, 0.25) is 0 Å². The minimum absolute atomic E-state index is 0.657. The largest absolute Gasteiger partial charge is 0.431 e. The Balaban J connectivity index is 1.80. The number of thioether (sulfide) groups is 1. The smallest absolute Gasteiger partial charge is 0.257 e. The predicted octanol–water partition coefficient (Wildman–Crippen LogP) is 4.47. The van der Waals surface area contributed by atoms with E-state index in [1.165, 1.54) is 32.1 Å². The number of aromatic nitrogens is 1. The van der Waals surface area contributed by atoms with Crippen molar-refractivity contribution in [3.63, 3.8) is 0 Å². The van der Waals surface area contributed by atoms with Crippen LogP contribution < -0.4 is 5.73 Å². The van der Waals surface area contributed by atoms with E-state index >= 15 is 0 Å². The van der Waals surface area contributed by atoms with Crippen molar-refractivity contribution in [2.45, 2.75) is 49.5 Å². The van der Waals surface area contributed by atoms with Gasteiger partial charge in [-0.3, -0.25) is 0 Å². The highest BCUT2D eigenvalue weighted by molar-refractivity contribution is 7.99. The molecule has 0 aliphatic heterocycles. The van der Waals surface area contributed by atoms with Crippen LogP contribution in [0.15, 0.2) is 27.8 Å². The molecule has 0 saturated heterocycles. The highest BCUT2D eigenvalue weighted by Gasteiger charge is 2.26. The summed E-state index contributed by atoms with van der Waals surface area (Å²) in [6.45, 7) is 2.29. The first-order chi connectivity index (χ1) is 9.26. The summed E-state index contributed by atoms with van der Waals surface area (Å²) in [5.41, 5.74) is 8.21. The molecule has 1 fully saturated rings. The highest BCUT2D eigenvalue weighted by atomic mass is 32.2. The molecule has 4 heteroatoms. The first-order valence-corrected chi connectivity index (χ1v) is 7.97. The van der Waals surface area contributed by atoms with Crippen LogP contribution in [-0.4, -0.2) is 10.2 Å². The first kappa shape index (κ1) is 12.9. The minimum atomic E-state index is 0.657. The number of nitrogen functional groups attached to an aromatic ring is 1. The highest BCUT2D eigenvalue weighted by Crippen LogP contribution is 2.39. The zero-order valence-electron chi connectivity index (χ0n) is 11.3. The third kappa shape index (κ3) is 2.73. The quantitative estimate of drug-likeness (QED) is 0.840. The molecule has 1 aromatic carbocycles. The van der Waals surface area contributed by atoms with Gasteiger partial charge in [-0.05, 0) is 37.0 Å². The molecule has 3 nitrogen and oxygen atoms in total. The van der Waals surface area contributed by atoms with Crippen molar-refractivity contribution in [3.05, 3.63) is 18.2 Å². The third-order valence-electron chi connectivity index (χ3n) is 4.01. The van der Waals surface area contributed by atoms with Crippen molar-refractivity contribution in [2.75, 3.05) is 5.73 Å². The molecule has 2 N–H and O–H groups in total. The standard InChI is InChI=1S/C15H20N2OS/c1-2-10-5-3-4-6-14(10)19-15-17-12-9-11(16)7-8-13(12)18-15/h7-10,14H,2-6,16H2,1H3. The fourth-order valence-electron chi connectivity index (χ4n) is 2.90. The summed E-state index contributed by atoms with van der Waals surface area (Å²) in [7, 11) is 0. The van der Waals surface area contributed by atoms with Crippen LogP contribution in [0.5, 0.6) is 0 Å². The molecule has 0 spiro atoms. The van der Waals surface area contributed by atoms with Crippen molar-refractivity contribution in [2.24, 2.45) is 5.92 Å². The van der Waals surface area contributed by atoms with Crippen molar-refractivity contribution in [1.82, 2.24) is 4.98 Å². The maximum atomic E-state index is 5.81. The molecular weight excluding hydrogens is 256 g/mol. The van der Waals surface area contributed by atoms with Gasteiger partial charge in [-0.2, -0.15) is 0 Å². The molecule has 2 unspecified atom stereocenters. The number of hydrogen-bond acceptors (Lipinski definition) is 4. The second-order valence-corrected chi connectivity index (χ2v) is 6.51. The van der Waals surface area contributed by atoms with E-state index in [1.807, 2.05) is 30.0 Å². The molecule has 0 radical (unpaired) electrons. The van der Waals surface area contributed by atoms with Crippen LogP contribution in [0, 0.1) is 5.92 Å². The van der Waals surface area contributed by atoms with Gasteiger partial charge in [-0.25, -0.2) is 4.98 Å².